The molecular formula is C12H13BrClNO2. The van der Waals surface area contributed by atoms with Crippen LogP contribution < -0.4 is 0 Å². The summed E-state index contributed by atoms with van der Waals surface area (Å²) < 4.78 is 0. The monoisotopic (exact) mass is 317 g/mol. The van der Waals surface area contributed by atoms with Gasteiger partial charge in [0.2, 0.25) is 0 Å². The van der Waals surface area contributed by atoms with E-state index in [0.717, 1.165) is 19.4 Å². The number of carbonyl (C=O) groups excluding carboxylic acids is 1. The zero-order valence-corrected chi connectivity index (χ0v) is 11.5. The third-order valence-electron chi connectivity index (χ3n) is 2.83. The summed E-state index contributed by atoms with van der Waals surface area (Å²) in [6.07, 6.45) is 2.07. The number of phenols is 1. The first-order valence-corrected chi connectivity index (χ1v) is 6.79. The number of hydrogen-bond donors (Lipinski definition) is 1. The molecule has 1 heterocycles. The molecule has 92 valence electrons. The van der Waals surface area contributed by atoms with E-state index in [9.17, 15) is 9.90 Å². The molecule has 1 aliphatic heterocycles. The van der Waals surface area contributed by atoms with Crippen LogP contribution in [-0.2, 0) is 0 Å². The predicted molar refractivity (Wildman–Crippen MR) is 71.0 cm³/mol. The number of amides is 1. The van der Waals surface area contributed by atoms with Gasteiger partial charge in [-0.1, -0.05) is 27.5 Å². The molecule has 1 saturated heterocycles. The average molecular weight is 319 g/mol. The molecule has 1 aromatic rings. The topological polar surface area (TPSA) is 40.5 Å². The standard InChI is InChI=1S/C12H13BrClNO2/c13-8-2-1-5-15(7-8)12(17)10-6-9(16)3-4-11(10)14/h3-4,6,8,16H,1-2,5,7H2. The van der Waals surface area contributed by atoms with Crippen LogP contribution in [0.4, 0.5) is 0 Å². The number of aromatic hydroxyl groups is 1. The van der Waals surface area contributed by atoms with Crippen molar-refractivity contribution < 1.29 is 9.90 Å². The Labute approximate surface area is 114 Å². The second-order valence-corrected chi connectivity index (χ2v) is 5.86. The highest BCUT2D eigenvalue weighted by molar-refractivity contribution is 9.09. The van der Waals surface area contributed by atoms with Crippen LogP contribution in [0.5, 0.6) is 5.75 Å². The summed E-state index contributed by atoms with van der Waals surface area (Å²) >= 11 is 9.50. The second kappa shape index (κ2) is 5.27. The van der Waals surface area contributed by atoms with E-state index in [0.29, 0.717) is 22.0 Å². The smallest absolute Gasteiger partial charge is 0.255 e. The summed E-state index contributed by atoms with van der Waals surface area (Å²) in [4.78, 5) is 14.3. The molecule has 17 heavy (non-hydrogen) atoms. The molecule has 1 aliphatic rings. The van der Waals surface area contributed by atoms with Gasteiger partial charge in [-0.3, -0.25) is 4.79 Å². The summed E-state index contributed by atoms with van der Waals surface area (Å²) in [6.45, 7) is 1.43. The van der Waals surface area contributed by atoms with Crippen molar-refractivity contribution in [2.45, 2.75) is 17.7 Å². The lowest BCUT2D eigenvalue weighted by atomic mass is 10.1. The van der Waals surface area contributed by atoms with Crippen LogP contribution in [0.15, 0.2) is 18.2 Å². The highest BCUT2D eigenvalue weighted by atomic mass is 79.9. The summed E-state index contributed by atoms with van der Waals surface area (Å²) in [5, 5.41) is 9.78. The molecule has 1 amide bonds. The van der Waals surface area contributed by atoms with E-state index in [1.165, 1.54) is 12.1 Å². The second-order valence-electron chi connectivity index (χ2n) is 4.15. The number of benzene rings is 1. The van der Waals surface area contributed by atoms with Crippen LogP contribution in [-0.4, -0.2) is 33.8 Å². The first-order chi connectivity index (χ1) is 8.08. The number of piperidine rings is 1. The molecule has 1 N–H and O–H groups in total. The van der Waals surface area contributed by atoms with E-state index >= 15 is 0 Å². The van der Waals surface area contributed by atoms with Crippen molar-refractivity contribution in [3.8, 4) is 5.75 Å². The maximum absolute atomic E-state index is 12.2. The van der Waals surface area contributed by atoms with Gasteiger partial charge in [-0.15, -0.1) is 0 Å². The minimum Gasteiger partial charge on any atom is -0.508 e. The van der Waals surface area contributed by atoms with Crippen LogP contribution in [0.3, 0.4) is 0 Å². The molecule has 0 bridgehead atoms. The maximum atomic E-state index is 12.2. The van der Waals surface area contributed by atoms with E-state index in [-0.39, 0.29) is 11.7 Å². The van der Waals surface area contributed by atoms with Crippen LogP contribution in [0.25, 0.3) is 0 Å². The van der Waals surface area contributed by atoms with Gasteiger partial charge in [-0.05, 0) is 31.0 Å². The Morgan fingerprint density at radius 2 is 2.29 bits per heavy atom. The predicted octanol–water partition coefficient (Wildman–Crippen LogP) is 3.05. The first kappa shape index (κ1) is 12.7. The maximum Gasteiger partial charge on any atom is 0.255 e. The Kier molecular flexibility index (Phi) is 3.94. The van der Waals surface area contributed by atoms with Gasteiger partial charge in [-0.25, -0.2) is 0 Å². The van der Waals surface area contributed by atoms with Crippen molar-refractivity contribution in [1.29, 1.82) is 0 Å². The van der Waals surface area contributed by atoms with Crippen molar-refractivity contribution in [3.05, 3.63) is 28.8 Å². The van der Waals surface area contributed by atoms with Crippen LogP contribution in [0.1, 0.15) is 23.2 Å². The molecule has 5 heteroatoms. The van der Waals surface area contributed by atoms with Gasteiger partial charge in [0, 0.05) is 17.9 Å². The molecule has 0 radical (unpaired) electrons. The van der Waals surface area contributed by atoms with Gasteiger partial charge in [0.05, 0.1) is 10.6 Å². The third kappa shape index (κ3) is 2.93. The van der Waals surface area contributed by atoms with Gasteiger partial charge in [0.1, 0.15) is 5.75 Å². The van der Waals surface area contributed by atoms with Gasteiger partial charge < -0.3 is 10.0 Å². The van der Waals surface area contributed by atoms with Gasteiger partial charge in [0.25, 0.3) is 5.91 Å². The number of likely N-dealkylation sites (tertiary alicyclic amines) is 1. The van der Waals surface area contributed by atoms with E-state index in [4.69, 9.17) is 11.6 Å². The molecule has 0 spiro atoms. The number of phenolic OH excluding ortho intramolecular Hbond substituents is 1. The zero-order valence-electron chi connectivity index (χ0n) is 9.20. The SMILES string of the molecule is O=C(c1cc(O)ccc1Cl)N1CCCC(Br)C1. The number of halogens is 2. The fourth-order valence-electron chi connectivity index (χ4n) is 1.96. The highest BCUT2D eigenvalue weighted by Crippen LogP contribution is 2.25. The molecule has 1 unspecified atom stereocenters. The third-order valence-corrected chi connectivity index (χ3v) is 3.91. The summed E-state index contributed by atoms with van der Waals surface area (Å²) in [7, 11) is 0. The van der Waals surface area contributed by atoms with Crippen molar-refractivity contribution in [3.63, 3.8) is 0 Å². The number of alkyl halides is 1. The normalized spacial score (nSPS) is 20.4. The Balaban J connectivity index is 2.21. The minimum absolute atomic E-state index is 0.0603. The molecule has 0 aromatic heterocycles. The van der Waals surface area contributed by atoms with Crippen molar-refractivity contribution in [2.24, 2.45) is 0 Å². The lowest BCUT2D eigenvalue weighted by molar-refractivity contribution is 0.0729. The Morgan fingerprint density at radius 3 is 3.00 bits per heavy atom. The van der Waals surface area contributed by atoms with Crippen molar-refractivity contribution >= 4 is 33.4 Å². The number of carbonyl (C=O) groups is 1. The largest absolute Gasteiger partial charge is 0.508 e. The molecule has 0 saturated carbocycles. The van der Waals surface area contributed by atoms with Crippen molar-refractivity contribution in [1.82, 2.24) is 4.90 Å². The fourth-order valence-corrected chi connectivity index (χ4v) is 2.83. The lowest BCUT2D eigenvalue weighted by Gasteiger charge is -2.30. The van der Waals surface area contributed by atoms with Gasteiger partial charge >= 0.3 is 0 Å². The fraction of sp³-hybridized carbons (Fsp3) is 0.417. The molecule has 1 fully saturated rings. The molecule has 0 aliphatic carbocycles. The van der Waals surface area contributed by atoms with E-state index < -0.39 is 0 Å². The summed E-state index contributed by atoms with van der Waals surface area (Å²) in [5.41, 5.74) is 0.369. The number of nitrogens with zero attached hydrogens (tertiary/aromatic N) is 1. The van der Waals surface area contributed by atoms with E-state index in [2.05, 4.69) is 15.9 Å². The first-order valence-electron chi connectivity index (χ1n) is 5.50. The lowest BCUT2D eigenvalue weighted by Crippen LogP contribution is -2.40. The Bertz CT molecular complexity index is 439. The summed E-state index contributed by atoms with van der Waals surface area (Å²) in [6, 6.07) is 4.44. The molecule has 3 nitrogen and oxygen atoms in total. The summed E-state index contributed by atoms with van der Waals surface area (Å²) in [5.74, 6) is -0.0554. The number of hydrogen-bond acceptors (Lipinski definition) is 2. The molecule has 2 rings (SSSR count). The Morgan fingerprint density at radius 1 is 1.53 bits per heavy atom. The Hall–Kier alpha value is -0.740. The number of rotatable bonds is 1. The quantitative estimate of drug-likeness (QED) is 0.809. The van der Waals surface area contributed by atoms with E-state index in [1.807, 2.05) is 0 Å². The van der Waals surface area contributed by atoms with Crippen LogP contribution in [0, 0.1) is 0 Å². The molecule has 1 atom stereocenters. The van der Waals surface area contributed by atoms with Gasteiger partial charge in [-0.2, -0.15) is 0 Å². The average Bonchev–Trinajstić information content (AvgIpc) is 2.31. The minimum atomic E-state index is -0.116. The zero-order chi connectivity index (χ0) is 12.4. The van der Waals surface area contributed by atoms with Crippen molar-refractivity contribution in [2.75, 3.05) is 13.1 Å². The van der Waals surface area contributed by atoms with Crippen LogP contribution >= 0.6 is 27.5 Å². The molecular weight excluding hydrogens is 305 g/mol. The van der Waals surface area contributed by atoms with Crippen LogP contribution in [0.2, 0.25) is 5.02 Å². The molecule has 1 aromatic carbocycles. The van der Waals surface area contributed by atoms with Gasteiger partial charge in [0.15, 0.2) is 0 Å². The van der Waals surface area contributed by atoms with E-state index in [1.54, 1.807) is 11.0 Å². The highest BCUT2D eigenvalue weighted by Gasteiger charge is 2.24.